The van der Waals surface area contributed by atoms with Crippen molar-refractivity contribution in [3.63, 3.8) is 0 Å². The van der Waals surface area contributed by atoms with Gasteiger partial charge in [-0.3, -0.25) is 0 Å². The maximum absolute atomic E-state index is 9.85. The van der Waals surface area contributed by atoms with Gasteiger partial charge < -0.3 is 5.11 Å². The molecule has 13 heavy (non-hydrogen) atoms. The third-order valence-electron chi connectivity index (χ3n) is 2.36. The van der Waals surface area contributed by atoms with Gasteiger partial charge in [0.05, 0.1) is 6.10 Å². The fourth-order valence-electron chi connectivity index (χ4n) is 1.44. The minimum absolute atomic E-state index is 0.359. The molecule has 0 aromatic heterocycles. The van der Waals surface area contributed by atoms with Crippen LogP contribution in [0.3, 0.4) is 0 Å². The molecular formula is C10H10Cl2O. The van der Waals surface area contributed by atoms with Gasteiger partial charge in [0.25, 0.3) is 0 Å². The zero-order chi connectivity index (χ0) is 9.42. The van der Waals surface area contributed by atoms with Gasteiger partial charge in [-0.2, -0.15) is 0 Å². The van der Waals surface area contributed by atoms with Crippen molar-refractivity contribution in [2.45, 2.75) is 18.9 Å². The first-order chi connectivity index (χ1) is 6.20. The van der Waals surface area contributed by atoms with Crippen molar-refractivity contribution >= 4 is 23.2 Å². The summed E-state index contributed by atoms with van der Waals surface area (Å²) in [6, 6.07) is 5.30. The molecule has 1 aromatic carbocycles. The Balaban J connectivity index is 2.36. The molecule has 1 nitrogen and oxygen atoms in total. The highest BCUT2D eigenvalue weighted by Crippen LogP contribution is 2.44. The highest BCUT2D eigenvalue weighted by Gasteiger charge is 2.32. The molecule has 0 amide bonds. The van der Waals surface area contributed by atoms with E-state index in [-0.39, 0.29) is 0 Å². The first-order valence-electron chi connectivity index (χ1n) is 4.32. The summed E-state index contributed by atoms with van der Waals surface area (Å²) in [5.74, 6) is 0.359. The summed E-state index contributed by atoms with van der Waals surface area (Å²) in [6.07, 6.45) is 1.66. The number of aliphatic hydroxyl groups excluding tert-OH is 1. The fraction of sp³-hybridized carbons (Fsp3) is 0.400. The standard InChI is InChI=1S/C10H10Cl2O/c11-7-2-1-3-8(12)9(7)10(13)6-4-5-6/h1-3,6,10,13H,4-5H2. The number of hydrogen-bond acceptors (Lipinski definition) is 1. The minimum atomic E-state index is -0.485. The Labute approximate surface area is 87.3 Å². The maximum atomic E-state index is 9.85. The molecule has 1 fully saturated rings. The summed E-state index contributed by atoms with van der Waals surface area (Å²) in [5, 5.41) is 11.0. The highest BCUT2D eigenvalue weighted by atomic mass is 35.5. The van der Waals surface area contributed by atoms with Gasteiger partial charge in [-0.25, -0.2) is 0 Å². The number of hydrogen-bond donors (Lipinski definition) is 1. The van der Waals surface area contributed by atoms with E-state index in [9.17, 15) is 5.11 Å². The van der Waals surface area contributed by atoms with Crippen molar-refractivity contribution in [3.05, 3.63) is 33.8 Å². The van der Waals surface area contributed by atoms with Gasteiger partial charge in [0.1, 0.15) is 0 Å². The van der Waals surface area contributed by atoms with Crippen molar-refractivity contribution < 1.29 is 5.11 Å². The van der Waals surface area contributed by atoms with Crippen molar-refractivity contribution in [1.29, 1.82) is 0 Å². The lowest BCUT2D eigenvalue weighted by molar-refractivity contribution is 0.154. The van der Waals surface area contributed by atoms with Gasteiger partial charge in [-0.05, 0) is 30.9 Å². The van der Waals surface area contributed by atoms with E-state index in [0.717, 1.165) is 12.8 Å². The summed E-state index contributed by atoms with van der Waals surface area (Å²) in [4.78, 5) is 0. The average molecular weight is 217 g/mol. The lowest BCUT2D eigenvalue weighted by Crippen LogP contribution is -2.01. The van der Waals surface area contributed by atoms with Crippen LogP contribution in [0.2, 0.25) is 10.0 Å². The average Bonchev–Trinajstić information content (AvgIpc) is 2.85. The zero-order valence-electron chi connectivity index (χ0n) is 7.00. The molecule has 3 heteroatoms. The quantitative estimate of drug-likeness (QED) is 0.804. The van der Waals surface area contributed by atoms with Crippen LogP contribution < -0.4 is 0 Å². The van der Waals surface area contributed by atoms with Crippen LogP contribution in [-0.2, 0) is 0 Å². The van der Waals surface area contributed by atoms with Gasteiger partial charge in [-0.15, -0.1) is 0 Å². The van der Waals surface area contributed by atoms with Crippen LogP contribution in [0, 0.1) is 5.92 Å². The lowest BCUT2D eigenvalue weighted by Gasteiger charge is -2.12. The predicted octanol–water partition coefficient (Wildman–Crippen LogP) is 3.44. The Morgan fingerprint density at radius 1 is 1.23 bits per heavy atom. The molecule has 1 atom stereocenters. The second-order valence-electron chi connectivity index (χ2n) is 3.42. The van der Waals surface area contributed by atoms with Crippen LogP contribution in [-0.4, -0.2) is 5.11 Å². The van der Waals surface area contributed by atoms with Crippen molar-refractivity contribution in [3.8, 4) is 0 Å². The van der Waals surface area contributed by atoms with E-state index in [1.165, 1.54) is 0 Å². The van der Waals surface area contributed by atoms with E-state index >= 15 is 0 Å². The predicted molar refractivity (Wildman–Crippen MR) is 54.1 cm³/mol. The van der Waals surface area contributed by atoms with Gasteiger partial charge >= 0.3 is 0 Å². The molecule has 70 valence electrons. The van der Waals surface area contributed by atoms with Crippen LogP contribution in [0.4, 0.5) is 0 Å². The van der Waals surface area contributed by atoms with Crippen LogP contribution in [0.5, 0.6) is 0 Å². The van der Waals surface area contributed by atoms with E-state index in [2.05, 4.69) is 0 Å². The van der Waals surface area contributed by atoms with E-state index in [4.69, 9.17) is 23.2 Å². The molecular weight excluding hydrogens is 207 g/mol. The molecule has 2 rings (SSSR count). The fourth-order valence-corrected chi connectivity index (χ4v) is 2.06. The SMILES string of the molecule is OC(c1c(Cl)cccc1Cl)C1CC1. The Hall–Kier alpha value is -0.240. The maximum Gasteiger partial charge on any atom is 0.0847 e. The number of halogens is 2. The number of benzene rings is 1. The summed E-state index contributed by atoms with van der Waals surface area (Å²) >= 11 is 11.9. The van der Waals surface area contributed by atoms with E-state index in [1.807, 2.05) is 0 Å². The Morgan fingerprint density at radius 2 is 1.77 bits per heavy atom. The zero-order valence-corrected chi connectivity index (χ0v) is 8.52. The van der Waals surface area contributed by atoms with Gasteiger partial charge in [0.15, 0.2) is 0 Å². The van der Waals surface area contributed by atoms with Crippen molar-refractivity contribution in [2.24, 2.45) is 5.92 Å². The van der Waals surface area contributed by atoms with Gasteiger partial charge in [0.2, 0.25) is 0 Å². The minimum Gasteiger partial charge on any atom is -0.388 e. The van der Waals surface area contributed by atoms with Crippen LogP contribution in [0.25, 0.3) is 0 Å². The van der Waals surface area contributed by atoms with Gasteiger partial charge in [0, 0.05) is 15.6 Å². The second kappa shape index (κ2) is 3.49. The molecule has 1 N–H and O–H groups in total. The molecule has 0 heterocycles. The normalized spacial score (nSPS) is 18.7. The molecule has 0 saturated heterocycles. The monoisotopic (exact) mass is 216 g/mol. The molecule has 0 aliphatic heterocycles. The highest BCUT2D eigenvalue weighted by molar-refractivity contribution is 6.36. The summed E-state index contributed by atoms with van der Waals surface area (Å²) in [6.45, 7) is 0. The topological polar surface area (TPSA) is 20.2 Å². The van der Waals surface area contributed by atoms with Gasteiger partial charge in [-0.1, -0.05) is 29.3 Å². The summed E-state index contributed by atoms with van der Waals surface area (Å²) < 4.78 is 0. The van der Waals surface area contributed by atoms with Crippen LogP contribution in [0.1, 0.15) is 24.5 Å². The van der Waals surface area contributed by atoms with Crippen LogP contribution in [0.15, 0.2) is 18.2 Å². The Kier molecular flexibility index (Phi) is 2.50. The number of rotatable bonds is 2. The molecule has 1 aliphatic rings. The molecule has 0 spiro atoms. The summed E-state index contributed by atoms with van der Waals surface area (Å²) in [5.41, 5.74) is 0.688. The Bertz CT molecular complexity index is 300. The van der Waals surface area contributed by atoms with Crippen molar-refractivity contribution in [2.75, 3.05) is 0 Å². The Morgan fingerprint density at radius 3 is 2.23 bits per heavy atom. The first-order valence-corrected chi connectivity index (χ1v) is 5.07. The molecule has 0 radical (unpaired) electrons. The third kappa shape index (κ3) is 1.83. The molecule has 1 aromatic rings. The molecule has 1 unspecified atom stereocenters. The second-order valence-corrected chi connectivity index (χ2v) is 4.23. The van der Waals surface area contributed by atoms with Crippen molar-refractivity contribution in [1.82, 2.24) is 0 Å². The number of aliphatic hydroxyl groups is 1. The lowest BCUT2D eigenvalue weighted by atomic mass is 10.1. The first kappa shape index (κ1) is 9.32. The van der Waals surface area contributed by atoms with E-state index < -0.39 is 6.10 Å². The molecule has 1 aliphatic carbocycles. The molecule has 1 saturated carbocycles. The summed E-state index contributed by atoms with van der Waals surface area (Å²) in [7, 11) is 0. The smallest absolute Gasteiger partial charge is 0.0847 e. The van der Waals surface area contributed by atoms with Crippen LogP contribution >= 0.6 is 23.2 Å². The van der Waals surface area contributed by atoms with E-state index in [0.29, 0.717) is 21.5 Å². The third-order valence-corrected chi connectivity index (χ3v) is 3.02. The van der Waals surface area contributed by atoms with E-state index in [1.54, 1.807) is 18.2 Å². The molecule has 0 bridgehead atoms. The largest absolute Gasteiger partial charge is 0.388 e.